The van der Waals surface area contributed by atoms with E-state index < -0.39 is 6.10 Å². The lowest BCUT2D eigenvalue weighted by atomic mass is 9.96. The minimum absolute atomic E-state index is 0.155. The summed E-state index contributed by atoms with van der Waals surface area (Å²) in [5.41, 5.74) is 0. The molecule has 0 heterocycles. The summed E-state index contributed by atoms with van der Waals surface area (Å²) in [6.45, 7) is 1.97. The number of amides is 2. The predicted molar refractivity (Wildman–Crippen MR) is 55.1 cm³/mol. The van der Waals surface area contributed by atoms with Crippen LogP contribution in [-0.2, 0) is 0 Å². The zero-order chi connectivity index (χ0) is 10.4. The van der Waals surface area contributed by atoms with Crippen LogP contribution in [0.1, 0.15) is 39.0 Å². The highest BCUT2D eigenvalue weighted by Crippen LogP contribution is 2.16. The smallest absolute Gasteiger partial charge is 0.315 e. The zero-order valence-electron chi connectivity index (χ0n) is 8.75. The normalized spacial score (nSPS) is 20.1. The highest BCUT2D eigenvalue weighted by molar-refractivity contribution is 5.74. The fourth-order valence-electron chi connectivity index (χ4n) is 1.72. The van der Waals surface area contributed by atoms with Crippen molar-refractivity contribution in [1.82, 2.24) is 10.6 Å². The van der Waals surface area contributed by atoms with Gasteiger partial charge in [-0.1, -0.05) is 19.3 Å². The first-order valence-electron chi connectivity index (χ1n) is 5.41. The maximum atomic E-state index is 11.3. The third-order valence-corrected chi connectivity index (χ3v) is 2.50. The molecule has 0 radical (unpaired) electrons. The van der Waals surface area contributed by atoms with E-state index >= 15 is 0 Å². The molecule has 1 saturated carbocycles. The Kier molecular flexibility index (Phi) is 4.73. The zero-order valence-corrected chi connectivity index (χ0v) is 8.75. The number of rotatable bonds is 3. The molecule has 3 N–H and O–H groups in total. The molecule has 1 aliphatic carbocycles. The number of hydrogen-bond donors (Lipinski definition) is 3. The summed E-state index contributed by atoms with van der Waals surface area (Å²) < 4.78 is 0. The van der Waals surface area contributed by atoms with E-state index in [4.69, 9.17) is 5.11 Å². The van der Waals surface area contributed by atoms with E-state index in [1.165, 1.54) is 19.3 Å². The van der Waals surface area contributed by atoms with Crippen molar-refractivity contribution in [2.24, 2.45) is 0 Å². The Bertz CT molecular complexity index is 177. The molecule has 1 rings (SSSR count). The van der Waals surface area contributed by atoms with Gasteiger partial charge in [0.05, 0.1) is 6.10 Å². The minimum atomic E-state index is -0.480. The molecule has 0 spiro atoms. The van der Waals surface area contributed by atoms with Gasteiger partial charge in [0, 0.05) is 12.6 Å². The van der Waals surface area contributed by atoms with Gasteiger partial charge in [-0.3, -0.25) is 0 Å². The van der Waals surface area contributed by atoms with Gasteiger partial charge in [-0.05, 0) is 19.8 Å². The first kappa shape index (κ1) is 11.3. The molecule has 2 amide bonds. The second-order valence-corrected chi connectivity index (χ2v) is 4.04. The molecule has 0 unspecified atom stereocenters. The van der Waals surface area contributed by atoms with Gasteiger partial charge in [0.25, 0.3) is 0 Å². The fraction of sp³-hybridized carbons (Fsp3) is 0.900. The molecule has 0 aromatic heterocycles. The molecular weight excluding hydrogens is 180 g/mol. The highest BCUT2D eigenvalue weighted by atomic mass is 16.3. The van der Waals surface area contributed by atoms with Gasteiger partial charge in [-0.2, -0.15) is 0 Å². The monoisotopic (exact) mass is 200 g/mol. The molecule has 0 aromatic rings. The number of urea groups is 1. The quantitative estimate of drug-likeness (QED) is 0.636. The Morgan fingerprint density at radius 1 is 1.43 bits per heavy atom. The third-order valence-electron chi connectivity index (χ3n) is 2.50. The number of hydrogen-bond acceptors (Lipinski definition) is 2. The van der Waals surface area contributed by atoms with E-state index in [-0.39, 0.29) is 6.03 Å². The van der Waals surface area contributed by atoms with Gasteiger partial charge in [0.1, 0.15) is 0 Å². The van der Waals surface area contributed by atoms with Crippen molar-refractivity contribution in [1.29, 1.82) is 0 Å². The molecule has 1 aliphatic rings. The Balaban J connectivity index is 2.12. The van der Waals surface area contributed by atoms with Crippen molar-refractivity contribution in [3.05, 3.63) is 0 Å². The number of aliphatic hydroxyl groups excluding tert-OH is 1. The van der Waals surface area contributed by atoms with E-state index in [1.807, 2.05) is 0 Å². The second kappa shape index (κ2) is 5.86. The van der Waals surface area contributed by atoms with Crippen molar-refractivity contribution in [3.63, 3.8) is 0 Å². The van der Waals surface area contributed by atoms with Crippen LogP contribution in [0.3, 0.4) is 0 Å². The summed E-state index contributed by atoms with van der Waals surface area (Å²) in [7, 11) is 0. The second-order valence-electron chi connectivity index (χ2n) is 4.04. The van der Waals surface area contributed by atoms with Crippen molar-refractivity contribution < 1.29 is 9.90 Å². The van der Waals surface area contributed by atoms with Crippen LogP contribution in [-0.4, -0.2) is 29.8 Å². The number of carbonyl (C=O) groups excluding carboxylic acids is 1. The minimum Gasteiger partial charge on any atom is -0.392 e. The van der Waals surface area contributed by atoms with E-state index in [1.54, 1.807) is 6.92 Å². The number of carbonyl (C=O) groups is 1. The molecule has 0 bridgehead atoms. The Hall–Kier alpha value is -0.770. The van der Waals surface area contributed by atoms with E-state index in [0.29, 0.717) is 12.6 Å². The SMILES string of the molecule is C[C@@H](O)CNC(=O)NC1CCCCC1. The maximum Gasteiger partial charge on any atom is 0.315 e. The van der Waals surface area contributed by atoms with Gasteiger partial charge >= 0.3 is 6.03 Å². The molecule has 0 saturated heterocycles. The van der Waals surface area contributed by atoms with Crippen LogP contribution >= 0.6 is 0 Å². The Morgan fingerprint density at radius 2 is 2.07 bits per heavy atom. The van der Waals surface area contributed by atoms with E-state index in [9.17, 15) is 4.79 Å². The van der Waals surface area contributed by atoms with Gasteiger partial charge < -0.3 is 15.7 Å². The molecule has 82 valence electrons. The molecule has 1 atom stereocenters. The molecule has 1 fully saturated rings. The Morgan fingerprint density at radius 3 is 2.64 bits per heavy atom. The van der Waals surface area contributed by atoms with Gasteiger partial charge in [-0.15, -0.1) is 0 Å². The highest BCUT2D eigenvalue weighted by Gasteiger charge is 2.15. The van der Waals surface area contributed by atoms with E-state index in [2.05, 4.69) is 10.6 Å². The summed E-state index contributed by atoms with van der Waals surface area (Å²) in [5, 5.41) is 14.5. The predicted octanol–water partition coefficient (Wildman–Crippen LogP) is 0.999. The fourth-order valence-corrected chi connectivity index (χ4v) is 1.72. The third kappa shape index (κ3) is 4.46. The summed E-state index contributed by atoms with van der Waals surface area (Å²) in [4.78, 5) is 11.3. The lowest BCUT2D eigenvalue weighted by Crippen LogP contribution is -2.44. The molecule has 4 heteroatoms. The summed E-state index contributed by atoms with van der Waals surface area (Å²) in [6, 6.07) is 0.176. The topological polar surface area (TPSA) is 61.4 Å². The van der Waals surface area contributed by atoms with Gasteiger partial charge in [0.15, 0.2) is 0 Å². The molecule has 0 aromatic carbocycles. The number of aliphatic hydroxyl groups is 1. The van der Waals surface area contributed by atoms with Gasteiger partial charge in [0.2, 0.25) is 0 Å². The van der Waals surface area contributed by atoms with Crippen LogP contribution in [0.5, 0.6) is 0 Å². The van der Waals surface area contributed by atoms with Crippen molar-refractivity contribution in [3.8, 4) is 0 Å². The van der Waals surface area contributed by atoms with Crippen LogP contribution in [0.15, 0.2) is 0 Å². The largest absolute Gasteiger partial charge is 0.392 e. The molecular formula is C10H20N2O2. The first-order valence-corrected chi connectivity index (χ1v) is 5.41. The van der Waals surface area contributed by atoms with Crippen molar-refractivity contribution >= 4 is 6.03 Å². The molecule has 4 nitrogen and oxygen atoms in total. The molecule has 0 aliphatic heterocycles. The maximum absolute atomic E-state index is 11.3. The van der Waals surface area contributed by atoms with Crippen LogP contribution in [0.25, 0.3) is 0 Å². The Labute approximate surface area is 85.1 Å². The summed E-state index contributed by atoms with van der Waals surface area (Å²) >= 11 is 0. The standard InChI is InChI=1S/C10H20N2O2/c1-8(13)7-11-10(14)12-9-5-3-2-4-6-9/h8-9,13H,2-7H2,1H3,(H2,11,12,14)/t8-/m1/s1. The van der Waals surface area contributed by atoms with Gasteiger partial charge in [-0.25, -0.2) is 4.79 Å². The van der Waals surface area contributed by atoms with Crippen LogP contribution in [0.4, 0.5) is 4.79 Å². The lowest BCUT2D eigenvalue weighted by Gasteiger charge is -2.23. The van der Waals surface area contributed by atoms with Crippen LogP contribution < -0.4 is 10.6 Å². The van der Waals surface area contributed by atoms with Crippen LogP contribution in [0, 0.1) is 0 Å². The van der Waals surface area contributed by atoms with Crippen molar-refractivity contribution in [2.75, 3.05) is 6.54 Å². The first-order chi connectivity index (χ1) is 6.68. The lowest BCUT2D eigenvalue weighted by molar-refractivity contribution is 0.186. The summed E-state index contributed by atoms with van der Waals surface area (Å²) in [5.74, 6) is 0. The average molecular weight is 200 g/mol. The number of nitrogens with one attached hydrogen (secondary N) is 2. The van der Waals surface area contributed by atoms with Crippen LogP contribution in [0.2, 0.25) is 0 Å². The van der Waals surface area contributed by atoms with Crippen molar-refractivity contribution in [2.45, 2.75) is 51.2 Å². The summed E-state index contributed by atoms with van der Waals surface area (Å²) in [6.07, 6.45) is 5.40. The van der Waals surface area contributed by atoms with E-state index in [0.717, 1.165) is 12.8 Å². The molecule has 14 heavy (non-hydrogen) atoms. The average Bonchev–Trinajstić information content (AvgIpc) is 2.16.